The third-order valence-electron chi connectivity index (χ3n) is 5.38. The van der Waals surface area contributed by atoms with E-state index in [-0.39, 0.29) is 40.1 Å². The highest BCUT2D eigenvalue weighted by Crippen LogP contribution is 2.50. The van der Waals surface area contributed by atoms with E-state index in [1.54, 1.807) is 18.2 Å². The number of carbonyl (C=O) groups excluding carboxylic acids is 1. The van der Waals surface area contributed by atoms with Gasteiger partial charge in [-0.15, -0.1) is 0 Å². The maximum Gasteiger partial charge on any atom is 0.387 e. The van der Waals surface area contributed by atoms with E-state index in [1.165, 1.54) is 12.1 Å². The number of ether oxygens (including phenoxy) is 2. The van der Waals surface area contributed by atoms with E-state index in [0.717, 1.165) is 12.1 Å². The number of carboxylic acids is 1. The van der Waals surface area contributed by atoms with Crippen molar-refractivity contribution in [3.8, 4) is 11.5 Å². The first-order valence-corrected chi connectivity index (χ1v) is 10.4. The zero-order valence-electron chi connectivity index (χ0n) is 17.9. The molecule has 0 aliphatic carbocycles. The molecule has 34 heavy (non-hydrogen) atoms. The van der Waals surface area contributed by atoms with E-state index < -0.39 is 42.7 Å². The van der Waals surface area contributed by atoms with Gasteiger partial charge in [-0.25, -0.2) is 4.39 Å². The number of hydrogen-bond donors (Lipinski definition) is 2. The number of amides is 1. The molecule has 3 aromatic rings. The van der Waals surface area contributed by atoms with E-state index in [9.17, 15) is 27.9 Å². The summed E-state index contributed by atoms with van der Waals surface area (Å²) in [6.45, 7) is -1.20. The smallest absolute Gasteiger partial charge is 0.387 e. The lowest BCUT2D eigenvalue weighted by atomic mass is 9.98. The van der Waals surface area contributed by atoms with Gasteiger partial charge in [0.15, 0.2) is 6.23 Å². The maximum atomic E-state index is 14.9. The van der Waals surface area contributed by atoms with Crippen LogP contribution in [-0.4, -0.2) is 35.3 Å². The van der Waals surface area contributed by atoms with Crippen LogP contribution in [0.3, 0.4) is 0 Å². The van der Waals surface area contributed by atoms with Crippen LogP contribution >= 0.6 is 0 Å². The van der Waals surface area contributed by atoms with Crippen LogP contribution in [0.1, 0.15) is 41.1 Å². The number of nitrogens with zero attached hydrogens (tertiary/aromatic N) is 1. The van der Waals surface area contributed by atoms with Crippen molar-refractivity contribution in [1.29, 1.82) is 0 Å². The fourth-order valence-electron chi connectivity index (χ4n) is 4.06. The summed E-state index contributed by atoms with van der Waals surface area (Å²) in [4.78, 5) is 25.1. The molecule has 10 heteroatoms. The molecule has 0 bridgehead atoms. The Bertz CT molecular complexity index is 1280. The van der Waals surface area contributed by atoms with Gasteiger partial charge in [0.1, 0.15) is 17.3 Å². The van der Waals surface area contributed by atoms with E-state index in [4.69, 9.17) is 14.6 Å². The van der Waals surface area contributed by atoms with Crippen LogP contribution in [0.5, 0.6) is 11.5 Å². The number of hydrogen-bond acceptors (Lipinski definition) is 5. The molecule has 1 heterocycles. The minimum absolute atomic E-state index is 0.109. The SMILES string of the molecule is CCCOc1c2c(c(OC(F)F)c3ccccc13)C(=O)N(c1ccc(CC(=O)O)cc1F)C2O. The Morgan fingerprint density at radius 2 is 1.82 bits per heavy atom. The highest BCUT2D eigenvalue weighted by molar-refractivity contribution is 6.17. The van der Waals surface area contributed by atoms with E-state index >= 15 is 0 Å². The fraction of sp³-hybridized carbons (Fsp3) is 0.250. The summed E-state index contributed by atoms with van der Waals surface area (Å²) in [6, 6.07) is 9.67. The summed E-state index contributed by atoms with van der Waals surface area (Å²) in [5.74, 6) is -3.43. The molecule has 2 N–H and O–H groups in total. The lowest BCUT2D eigenvalue weighted by Gasteiger charge is -2.22. The van der Waals surface area contributed by atoms with Crippen LogP contribution in [0.25, 0.3) is 10.8 Å². The summed E-state index contributed by atoms with van der Waals surface area (Å²) >= 11 is 0. The Hall–Kier alpha value is -3.79. The average molecular weight is 475 g/mol. The van der Waals surface area contributed by atoms with Gasteiger partial charge in [0.05, 0.1) is 29.8 Å². The minimum Gasteiger partial charge on any atom is -0.492 e. The molecule has 0 radical (unpaired) electrons. The number of anilines is 1. The minimum atomic E-state index is -3.26. The number of alkyl halides is 2. The first kappa shape index (κ1) is 23.4. The second-order valence-electron chi connectivity index (χ2n) is 7.62. The van der Waals surface area contributed by atoms with Crippen molar-refractivity contribution in [1.82, 2.24) is 0 Å². The molecule has 0 saturated carbocycles. The topological polar surface area (TPSA) is 96.3 Å². The molecule has 0 spiro atoms. The fourth-order valence-corrected chi connectivity index (χ4v) is 4.06. The second kappa shape index (κ2) is 9.22. The lowest BCUT2D eigenvalue weighted by Crippen LogP contribution is -2.28. The Balaban J connectivity index is 1.93. The van der Waals surface area contributed by atoms with E-state index in [0.29, 0.717) is 16.7 Å². The standard InChI is InChI=1S/C24H20F3NO6/c1-2-9-33-20-13-5-3-4-6-14(13)21(34-24(26)27)19-18(20)22(31)28(23(19)32)16-8-7-12(10-15(16)25)11-17(29)30/h3-8,10,22,24,31H,2,9,11H2,1H3,(H,29,30). The lowest BCUT2D eigenvalue weighted by molar-refractivity contribution is -0.136. The zero-order valence-corrected chi connectivity index (χ0v) is 17.9. The van der Waals surface area contributed by atoms with E-state index in [2.05, 4.69) is 0 Å². The number of halogens is 3. The average Bonchev–Trinajstić information content (AvgIpc) is 3.03. The number of carbonyl (C=O) groups is 2. The monoisotopic (exact) mass is 475 g/mol. The molecule has 0 fully saturated rings. The van der Waals surface area contributed by atoms with Gasteiger partial charge >= 0.3 is 12.6 Å². The predicted molar refractivity (Wildman–Crippen MR) is 116 cm³/mol. The van der Waals surface area contributed by atoms with Crippen molar-refractivity contribution in [3.63, 3.8) is 0 Å². The Morgan fingerprint density at radius 1 is 1.15 bits per heavy atom. The Morgan fingerprint density at radius 3 is 2.41 bits per heavy atom. The van der Waals surface area contributed by atoms with Crippen molar-refractivity contribution in [2.24, 2.45) is 0 Å². The number of aliphatic carboxylic acids is 1. The van der Waals surface area contributed by atoms with Gasteiger partial charge in [0, 0.05) is 10.8 Å². The summed E-state index contributed by atoms with van der Waals surface area (Å²) < 4.78 is 52.1. The summed E-state index contributed by atoms with van der Waals surface area (Å²) in [7, 11) is 0. The second-order valence-corrected chi connectivity index (χ2v) is 7.62. The summed E-state index contributed by atoms with van der Waals surface area (Å²) in [5, 5.41) is 20.6. The van der Waals surface area contributed by atoms with Gasteiger partial charge in [-0.05, 0) is 24.1 Å². The van der Waals surface area contributed by atoms with Crippen LogP contribution in [0.15, 0.2) is 42.5 Å². The number of fused-ring (bicyclic) bond motifs is 2. The molecule has 1 amide bonds. The number of aliphatic hydroxyl groups is 1. The molecular weight excluding hydrogens is 455 g/mol. The van der Waals surface area contributed by atoms with Crippen molar-refractivity contribution >= 4 is 28.3 Å². The quantitative estimate of drug-likeness (QED) is 0.493. The number of rotatable bonds is 8. The first-order valence-electron chi connectivity index (χ1n) is 10.4. The van der Waals surface area contributed by atoms with E-state index in [1.807, 2.05) is 6.92 Å². The van der Waals surface area contributed by atoms with Crippen LogP contribution in [0.2, 0.25) is 0 Å². The van der Waals surface area contributed by atoms with Crippen molar-refractivity contribution in [2.45, 2.75) is 32.6 Å². The molecule has 7 nitrogen and oxygen atoms in total. The number of aliphatic hydroxyl groups excluding tert-OH is 1. The normalized spacial score (nSPS) is 15.2. The molecular formula is C24H20F3NO6. The molecule has 1 aliphatic rings. The Labute approximate surface area is 191 Å². The van der Waals surface area contributed by atoms with Crippen LogP contribution in [0, 0.1) is 5.82 Å². The van der Waals surface area contributed by atoms with Crippen LogP contribution < -0.4 is 14.4 Å². The summed E-state index contributed by atoms with van der Waals surface area (Å²) in [6.07, 6.45) is -1.62. The third-order valence-corrected chi connectivity index (χ3v) is 5.38. The third kappa shape index (κ3) is 4.01. The molecule has 3 aromatic carbocycles. The van der Waals surface area contributed by atoms with Crippen molar-refractivity contribution in [2.75, 3.05) is 11.5 Å². The summed E-state index contributed by atoms with van der Waals surface area (Å²) in [5.41, 5.74) is -0.670. The van der Waals surface area contributed by atoms with Gasteiger partial charge in [0.25, 0.3) is 5.91 Å². The van der Waals surface area contributed by atoms with Gasteiger partial charge in [-0.2, -0.15) is 8.78 Å². The maximum absolute atomic E-state index is 14.9. The number of carboxylic acid groups (broad SMARTS) is 1. The molecule has 1 aliphatic heterocycles. The molecule has 4 rings (SSSR count). The van der Waals surface area contributed by atoms with Crippen molar-refractivity contribution < 1.29 is 42.4 Å². The molecule has 0 aromatic heterocycles. The van der Waals surface area contributed by atoms with Gasteiger partial charge in [-0.3, -0.25) is 14.5 Å². The van der Waals surface area contributed by atoms with Gasteiger partial charge in [-0.1, -0.05) is 37.3 Å². The molecule has 178 valence electrons. The van der Waals surface area contributed by atoms with Crippen LogP contribution in [0.4, 0.5) is 18.9 Å². The Kier molecular flexibility index (Phi) is 6.34. The molecule has 1 unspecified atom stereocenters. The highest BCUT2D eigenvalue weighted by atomic mass is 19.3. The predicted octanol–water partition coefficient (Wildman–Crippen LogP) is 4.65. The van der Waals surface area contributed by atoms with Crippen LogP contribution in [-0.2, 0) is 11.2 Å². The van der Waals surface area contributed by atoms with Crippen molar-refractivity contribution in [3.05, 3.63) is 65.0 Å². The number of benzene rings is 3. The van der Waals surface area contributed by atoms with Gasteiger partial charge in [0.2, 0.25) is 0 Å². The zero-order chi connectivity index (χ0) is 24.6. The van der Waals surface area contributed by atoms with Gasteiger partial charge < -0.3 is 19.7 Å². The molecule has 0 saturated heterocycles. The highest BCUT2D eigenvalue weighted by Gasteiger charge is 2.44. The molecule has 1 atom stereocenters. The largest absolute Gasteiger partial charge is 0.492 e. The first-order chi connectivity index (χ1) is 16.2.